The molecule has 15 heavy (non-hydrogen) atoms. The molecule has 0 aliphatic carbocycles. The lowest BCUT2D eigenvalue weighted by molar-refractivity contribution is 0.965. The van der Waals surface area contributed by atoms with Crippen LogP contribution in [-0.2, 0) is 0 Å². The molecule has 0 radical (unpaired) electrons. The van der Waals surface area contributed by atoms with Crippen molar-refractivity contribution in [1.82, 2.24) is 19.9 Å². The maximum absolute atomic E-state index is 4.21. The lowest BCUT2D eigenvalue weighted by atomic mass is 10.3. The minimum atomic E-state index is 0.660. The topological polar surface area (TPSA) is 51.6 Å². The van der Waals surface area contributed by atoms with Gasteiger partial charge in [-0.15, -0.1) is 0 Å². The fourth-order valence-electron chi connectivity index (χ4n) is 1.08. The van der Waals surface area contributed by atoms with Crippen LogP contribution in [0, 0.1) is 6.92 Å². The Bertz CT molecular complexity index is 438. The van der Waals surface area contributed by atoms with E-state index in [1.165, 1.54) is 11.8 Å². The molecule has 0 atom stereocenters. The number of nitrogens with zero attached hydrogens (tertiary/aromatic N) is 4. The van der Waals surface area contributed by atoms with Crippen molar-refractivity contribution in [2.45, 2.75) is 12.1 Å². The van der Waals surface area contributed by atoms with E-state index in [-0.39, 0.29) is 0 Å². The van der Waals surface area contributed by atoms with E-state index in [9.17, 15) is 0 Å². The molecular formula is C10H10N4S. The van der Waals surface area contributed by atoms with Crippen molar-refractivity contribution in [2.75, 3.05) is 6.26 Å². The van der Waals surface area contributed by atoms with Gasteiger partial charge in [0.1, 0.15) is 0 Å². The summed E-state index contributed by atoms with van der Waals surface area (Å²) < 4.78 is 0. The van der Waals surface area contributed by atoms with Gasteiger partial charge in [-0.3, -0.25) is 0 Å². The zero-order valence-corrected chi connectivity index (χ0v) is 9.32. The number of rotatable bonds is 2. The molecule has 0 spiro atoms. The first-order valence-electron chi connectivity index (χ1n) is 4.44. The quantitative estimate of drug-likeness (QED) is 0.569. The van der Waals surface area contributed by atoms with E-state index in [0.717, 1.165) is 16.3 Å². The van der Waals surface area contributed by atoms with E-state index in [1.54, 1.807) is 24.8 Å². The van der Waals surface area contributed by atoms with Gasteiger partial charge in [0.25, 0.3) is 0 Å². The molecule has 2 aromatic rings. The summed E-state index contributed by atoms with van der Waals surface area (Å²) in [6.07, 6.45) is 8.99. The molecule has 0 fully saturated rings. The van der Waals surface area contributed by atoms with Crippen LogP contribution >= 0.6 is 11.8 Å². The smallest absolute Gasteiger partial charge is 0.187 e. The van der Waals surface area contributed by atoms with Crippen molar-refractivity contribution in [3.63, 3.8) is 0 Å². The fraction of sp³-hybridized carbons (Fsp3) is 0.200. The van der Waals surface area contributed by atoms with E-state index in [2.05, 4.69) is 19.9 Å². The number of thioether (sulfide) groups is 1. The summed E-state index contributed by atoms with van der Waals surface area (Å²) in [4.78, 5) is 16.7. The molecule has 0 aliphatic heterocycles. The van der Waals surface area contributed by atoms with Crippen LogP contribution < -0.4 is 0 Å². The van der Waals surface area contributed by atoms with Crippen molar-refractivity contribution in [2.24, 2.45) is 0 Å². The van der Waals surface area contributed by atoms with Gasteiger partial charge >= 0.3 is 0 Å². The van der Waals surface area contributed by atoms with Crippen LogP contribution in [0.3, 0.4) is 0 Å². The molecular weight excluding hydrogens is 208 g/mol. The maximum Gasteiger partial charge on any atom is 0.187 e. The van der Waals surface area contributed by atoms with Crippen molar-refractivity contribution in [3.8, 4) is 11.4 Å². The van der Waals surface area contributed by atoms with Gasteiger partial charge in [-0.1, -0.05) is 11.8 Å². The average molecular weight is 218 g/mol. The molecule has 0 bridgehead atoms. The van der Waals surface area contributed by atoms with Crippen molar-refractivity contribution in [1.29, 1.82) is 0 Å². The SMILES string of the molecule is CSc1ncc(-c2ncc(C)cn2)cn1. The maximum atomic E-state index is 4.21. The summed E-state index contributed by atoms with van der Waals surface area (Å²) in [5, 5.41) is 0.755. The first-order valence-corrected chi connectivity index (χ1v) is 5.67. The minimum Gasteiger partial charge on any atom is -0.236 e. The molecule has 76 valence electrons. The minimum absolute atomic E-state index is 0.660. The Morgan fingerprint density at radius 3 is 2.07 bits per heavy atom. The third kappa shape index (κ3) is 2.30. The molecule has 0 unspecified atom stereocenters. The van der Waals surface area contributed by atoms with Crippen LogP contribution in [0.2, 0.25) is 0 Å². The second-order valence-electron chi connectivity index (χ2n) is 3.04. The summed E-state index contributed by atoms with van der Waals surface area (Å²) >= 11 is 1.51. The molecule has 2 rings (SSSR count). The van der Waals surface area contributed by atoms with Crippen molar-refractivity contribution >= 4 is 11.8 Å². The summed E-state index contributed by atoms with van der Waals surface area (Å²) in [5.41, 5.74) is 1.88. The largest absolute Gasteiger partial charge is 0.236 e. The van der Waals surface area contributed by atoms with Gasteiger partial charge < -0.3 is 0 Å². The molecule has 5 heteroatoms. The molecule has 0 amide bonds. The number of aromatic nitrogens is 4. The van der Waals surface area contributed by atoms with Gasteiger partial charge in [-0.05, 0) is 18.7 Å². The molecule has 2 heterocycles. The lowest BCUT2D eigenvalue weighted by Crippen LogP contribution is -1.92. The summed E-state index contributed by atoms with van der Waals surface area (Å²) in [7, 11) is 0. The van der Waals surface area contributed by atoms with Crippen LogP contribution in [0.25, 0.3) is 11.4 Å². The third-order valence-corrected chi connectivity index (χ3v) is 2.43. The Morgan fingerprint density at radius 2 is 1.53 bits per heavy atom. The predicted octanol–water partition coefficient (Wildman–Crippen LogP) is 1.96. The van der Waals surface area contributed by atoms with E-state index < -0.39 is 0 Å². The highest BCUT2D eigenvalue weighted by atomic mass is 32.2. The normalized spacial score (nSPS) is 10.3. The van der Waals surface area contributed by atoms with E-state index in [4.69, 9.17) is 0 Å². The highest BCUT2D eigenvalue weighted by molar-refractivity contribution is 7.98. The Morgan fingerprint density at radius 1 is 0.933 bits per heavy atom. The first kappa shape index (κ1) is 10.0. The summed E-state index contributed by atoms with van der Waals surface area (Å²) in [6.45, 7) is 1.96. The van der Waals surface area contributed by atoms with E-state index in [0.29, 0.717) is 5.82 Å². The van der Waals surface area contributed by atoms with Crippen LogP contribution in [0.15, 0.2) is 29.9 Å². The van der Waals surface area contributed by atoms with Gasteiger partial charge in [0.05, 0.1) is 5.56 Å². The van der Waals surface area contributed by atoms with Gasteiger partial charge in [0, 0.05) is 24.8 Å². The Kier molecular flexibility index (Phi) is 2.91. The molecule has 0 aromatic carbocycles. The van der Waals surface area contributed by atoms with Crippen LogP contribution in [-0.4, -0.2) is 26.2 Å². The summed E-state index contributed by atoms with van der Waals surface area (Å²) in [5.74, 6) is 0.660. The lowest BCUT2D eigenvalue weighted by Gasteiger charge is -1.99. The van der Waals surface area contributed by atoms with Gasteiger partial charge in [0.15, 0.2) is 11.0 Å². The molecule has 2 aromatic heterocycles. The third-order valence-electron chi connectivity index (χ3n) is 1.85. The molecule has 0 saturated heterocycles. The zero-order valence-electron chi connectivity index (χ0n) is 8.51. The highest BCUT2D eigenvalue weighted by Crippen LogP contribution is 2.14. The molecule has 0 aliphatic rings. The van der Waals surface area contributed by atoms with Crippen molar-refractivity contribution in [3.05, 3.63) is 30.4 Å². The van der Waals surface area contributed by atoms with Crippen LogP contribution in [0.5, 0.6) is 0 Å². The molecule has 4 nitrogen and oxygen atoms in total. The van der Waals surface area contributed by atoms with Crippen LogP contribution in [0.1, 0.15) is 5.56 Å². The number of aryl methyl sites for hydroxylation is 1. The first-order chi connectivity index (χ1) is 7.29. The average Bonchev–Trinajstić information content (AvgIpc) is 2.30. The fourth-order valence-corrected chi connectivity index (χ4v) is 1.39. The van der Waals surface area contributed by atoms with E-state index >= 15 is 0 Å². The Hall–Kier alpha value is -1.49. The molecule has 0 N–H and O–H groups in total. The Balaban J connectivity index is 2.33. The highest BCUT2D eigenvalue weighted by Gasteiger charge is 2.01. The zero-order chi connectivity index (χ0) is 10.7. The molecule has 0 saturated carbocycles. The predicted molar refractivity (Wildman–Crippen MR) is 59.6 cm³/mol. The van der Waals surface area contributed by atoms with Gasteiger partial charge in [-0.25, -0.2) is 19.9 Å². The van der Waals surface area contributed by atoms with E-state index in [1.807, 2.05) is 13.2 Å². The number of hydrogen-bond donors (Lipinski definition) is 0. The van der Waals surface area contributed by atoms with Crippen LogP contribution in [0.4, 0.5) is 0 Å². The standard InChI is InChI=1S/C10H10N4S/c1-7-3-11-9(12-4-7)8-5-13-10(15-2)14-6-8/h3-6H,1-2H3. The van der Waals surface area contributed by atoms with Crippen molar-refractivity contribution < 1.29 is 0 Å². The van der Waals surface area contributed by atoms with Gasteiger partial charge in [-0.2, -0.15) is 0 Å². The number of hydrogen-bond acceptors (Lipinski definition) is 5. The Labute approximate surface area is 92.2 Å². The second kappa shape index (κ2) is 4.35. The van der Waals surface area contributed by atoms with Gasteiger partial charge in [0.2, 0.25) is 0 Å². The second-order valence-corrected chi connectivity index (χ2v) is 3.82. The summed E-state index contributed by atoms with van der Waals surface area (Å²) in [6, 6.07) is 0. The monoisotopic (exact) mass is 218 g/mol.